The number of halogens is 1. The molecule has 10 heteroatoms. The molecular formula is C23H18ClN3O4S2. The SMILES string of the molecule is CCOC(=O)c1c(-c2ccccc2Cl)csc1NC(=O)CSc1nnc(-c2ccccc2)o1. The van der Waals surface area contributed by atoms with Crippen LogP contribution in [0.25, 0.3) is 22.6 Å². The number of aromatic nitrogens is 2. The van der Waals surface area contributed by atoms with E-state index in [0.29, 0.717) is 27.0 Å². The number of anilines is 1. The van der Waals surface area contributed by atoms with Crippen LogP contribution in [-0.2, 0) is 9.53 Å². The van der Waals surface area contributed by atoms with Crippen LogP contribution in [0.3, 0.4) is 0 Å². The van der Waals surface area contributed by atoms with Crippen molar-refractivity contribution in [3.63, 3.8) is 0 Å². The van der Waals surface area contributed by atoms with E-state index in [1.807, 2.05) is 48.5 Å². The molecule has 168 valence electrons. The lowest BCUT2D eigenvalue weighted by Gasteiger charge is -2.09. The molecule has 0 aliphatic rings. The Bertz CT molecular complexity index is 1270. The molecule has 0 spiro atoms. The van der Waals surface area contributed by atoms with E-state index in [9.17, 15) is 9.59 Å². The van der Waals surface area contributed by atoms with Crippen LogP contribution >= 0.6 is 34.7 Å². The number of hydrogen-bond donors (Lipinski definition) is 1. The molecule has 0 radical (unpaired) electrons. The molecule has 7 nitrogen and oxygen atoms in total. The van der Waals surface area contributed by atoms with Gasteiger partial charge in [0.05, 0.1) is 12.4 Å². The lowest BCUT2D eigenvalue weighted by Crippen LogP contribution is -2.16. The van der Waals surface area contributed by atoms with Gasteiger partial charge in [-0.2, -0.15) is 0 Å². The number of carbonyl (C=O) groups is 2. The van der Waals surface area contributed by atoms with Crippen molar-refractivity contribution < 1.29 is 18.7 Å². The van der Waals surface area contributed by atoms with Crippen LogP contribution in [0.2, 0.25) is 5.02 Å². The number of hydrogen-bond acceptors (Lipinski definition) is 8. The fourth-order valence-electron chi connectivity index (χ4n) is 2.99. The summed E-state index contributed by atoms with van der Waals surface area (Å²) in [5.41, 5.74) is 2.37. The lowest BCUT2D eigenvalue weighted by atomic mass is 10.0. The third-order valence-corrected chi connectivity index (χ3v) is 6.48. The molecule has 1 amide bonds. The van der Waals surface area contributed by atoms with Gasteiger partial charge in [0.2, 0.25) is 11.8 Å². The normalized spacial score (nSPS) is 10.7. The molecule has 33 heavy (non-hydrogen) atoms. The van der Waals surface area contributed by atoms with Crippen LogP contribution in [0.5, 0.6) is 0 Å². The Morgan fingerprint density at radius 2 is 1.85 bits per heavy atom. The van der Waals surface area contributed by atoms with Crippen molar-refractivity contribution in [3.05, 3.63) is 70.6 Å². The minimum absolute atomic E-state index is 0.0258. The topological polar surface area (TPSA) is 94.3 Å². The first kappa shape index (κ1) is 23.0. The van der Waals surface area contributed by atoms with Gasteiger partial charge in [-0.25, -0.2) is 4.79 Å². The second kappa shape index (κ2) is 10.7. The molecular weight excluding hydrogens is 482 g/mol. The van der Waals surface area contributed by atoms with E-state index < -0.39 is 5.97 Å². The van der Waals surface area contributed by atoms with Gasteiger partial charge in [-0.05, 0) is 25.1 Å². The average molecular weight is 500 g/mol. The van der Waals surface area contributed by atoms with Crippen molar-refractivity contribution >= 4 is 51.6 Å². The van der Waals surface area contributed by atoms with Crippen LogP contribution in [0.1, 0.15) is 17.3 Å². The average Bonchev–Trinajstić information content (AvgIpc) is 3.46. The predicted octanol–water partition coefficient (Wildman–Crippen LogP) is 6.03. The number of rotatable bonds is 8. The van der Waals surface area contributed by atoms with Crippen molar-refractivity contribution in [2.75, 3.05) is 17.7 Å². The molecule has 0 saturated carbocycles. The van der Waals surface area contributed by atoms with E-state index in [4.69, 9.17) is 20.8 Å². The number of nitrogens with zero attached hydrogens (tertiary/aromatic N) is 2. The standard InChI is InChI=1S/C23H18ClN3O4S2/c1-2-30-22(29)19-16(15-10-6-7-11-17(15)24)12-32-21(19)25-18(28)13-33-23-27-26-20(31-23)14-8-4-3-5-9-14/h3-12H,2,13H2,1H3,(H,25,28). The molecule has 2 aromatic heterocycles. The van der Waals surface area contributed by atoms with Crippen molar-refractivity contribution in [3.8, 4) is 22.6 Å². The number of esters is 1. The summed E-state index contributed by atoms with van der Waals surface area (Å²) >= 11 is 8.67. The Balaban J connectivity index is 1.48. The molecule has 0 unspecified atom stereocenters. The molecule has 0 aliphatic heterocycles. The van der Waals surface area contributed by atoms with E-state index in [1.165, 1.54) is 11.3 Å². The van der Waals surface area contributed by atoms with E-state index in [1.54, 1.807) is 18.4 Å². The maximum Gasteiger partial charge on any atom is 0.341 e. The minimum atomic E-state index is -0.527. The number of ether oxygens (including phenoxy) is 1. The fraction of sp³-hybridized carbons (Fsp3) is 0.130. The zero-order chi connectivity index (χ0) is 23.2. The number of thiophene rings is 1. The highest BCUT2D eigenvalue weighted by Crippen LogP contribution is 2.39. The summed E-state index contributed by atoms with van der Waals surface area (Å²) in [6, 6.07) is 16.6. The van der Waals surface area contributed by atoms with Crippen LogP contribution < -0.4 is 5.32 Å². The number of amides is 1. The van der Waals surface area contributed by atoms with Crippen LogP contribution in [0.15, 0.2) is 69.6 Å². The van der Waals surface area contributed by atoms with Crippen molar-refractivity contribution in [1.29, 1.82) is 0 Å². The number of nitrogens with one attached hydrogen (secondary N) is 1. The summed E-state index contributed by atoms with van der Waals surface area (Å²) in [6.45, 7) is 1.93. The Kier molecular flexibility index (Phi) is 7.43. The molecule has 1 N–H and O–H groups in total. The first-order chi connectivity index (χ1) is 16.1. The first-order valence-electron chi connectivity index (χ1n) is 9.92. The number of benzene rings is 2. The molecule has 2 aromatic carbocycles. The summed E-state index contributed by atoms with van der Waals surface area (Å²) in [5, 5.41) is 13.7. The fourth-order valence-corrected chi connectivity index (χ4v) is 4.75. The molecule has 0 atom stereocenters. The predicted molar refractivity (Wildman–Crippen MR) is 130 cm³/mol. The van der Waals surface area contributed by atoms with Gasteiger partial charge in [-0.3, -0.25) is 4.79 Å². The van der Waals surface area contributed by atoms with Gasteiger partial charge in [0.15, 0.2) is 0 Å². The third-order valence-electron chi connectivity index (χ3n) is 4.44. The Morgan fingerprint density at radius 1 is 1.09 bits per heavy atom. The first-order valence-corrected chi connectivity index (χ1v) is 12.2. The molecule has 0 bridgehead atoms. The van der Waals surface area contributed by atoms with Gasteiger partial charge in [-0.15, -0.1) is 21.5 Å². The summed E-state index contributed by atoms with van der Waals surface area (Å²) in [6.07, 6.45) is 0. The van der Waals surface area contributed by atoms with E-state index in [2.05, 4.69) is 15.5 Å². The van der Waals surface area contributed by atoms with Gasteiger partial charge in [-0.1, -0.05) is 59.8 Å². The third kappa shape index (κ3) is 5.44. The van der Waals surface area contributed by atoms with Gasteiger partial charge in [0.25, 0.3) is 5.22 Å². The molecule has 2 heterocycles. The van der Waals surface area contributed by atoms with E-state index >= 15 is 0 Å². The van der Waals surface area contributed by atoms with Gasteiger partial charge < -0.3 is 14.5 Å². The highest BCUT2D eigenvalue weighted by Gasteiger charge is 2.24. The van der Waals surface area contributed by atoms with Gasteiger partial charge >= 0.3 is 5.97 Å². The Labute approximate surface area is 203 Å². The summed E-state index contributed by atoms with van der Waals surface area (Å²) in [7, 11) is 0. The molecule has 4 aromatic rings. The van der Waals surface area contributed by atoms with Crippen molar-refractivity contribution in [2.24, 2.45) is 0 Å². The molecule has 0 fully saturated rings. The van der Waals surface area contributed by atoms with Crippen molar-refractivity contribution in [2.45, 2.75) is 12.1 Å². The Hall–Kier alpha value is -3.14. The van der Waals surface area contributed by atoms with Crippen molar-refractivity contribution in [1.82, 2.24) is 10.2 Å². The van der Waals surface area contributed by atoms with Gasteiger partial charge in [0, 0.05) is 27.1 Å². The molecule has 0 saturated heterocycles. The number of carbonyl (C=O) groups excluding carboxylic acids is 2. The zero-order valence-corrected chi connectivity index (χ0v) is 19.8. The zero-order valence-electron chi connectivity index (χ0n) is 17.4. The Morgan fingerprint density at radius 3 is 2.61 bits per heavy atom. The van der Waals surface area contributed by atoms with Crippen LogP contribution in [-0.4, -0.2) is 34.4 Å². The maximum atomic E-state index is 12.7. The summed E-state index contributed by atoms with van der Waals surface area (Å²) in [5.74, 6) is -0.442. The second-order valence-corrected chi connectivity index (χ2v) is 8.84. The largest absolute Gasteiger partial charge is 0.462 e. The van der Waals surface area contributed by atoms with Crippen LogP contribution in [0.4, 0.5) is 5.00 Å². The second-order valence-electron chi connectivity index (χ2n) is 6.63. The smallest absolute Gasteiger partial charge is 0.341 e. The van der Waals surface area contributed by atoms with E-state index in [-0.39, 0.29) is 29.1 Å². The molecule has 0 aliphatic carbocycles. The quantitative estimate of drug-likeness (QED) is 0.234. The maximum absolute atomic E-state index is 12.7. The highest BCUT2D eigenvalue weighted by molar-refractivity contribution is 7.99. The minimum Gasteiger partial charge on any atom is -0.462 e. The lowest BCUT2D eigenvalue weighted by molar-refractivity contribution is -0.113. The number of thioether (sulfide) groups is 1. The summed E-state index contributed by atoms with van der Waals surface area (Å²) in [4.78, 5) is 25.3. The van der Waals surface area contributed by atoms with Gasteiger partial charge in [0.1, 0.15) is 10.6 Å². The van der Waals surface area contributed by atoms with Crippen LogP contribution in [0, 0.1) is 0 Å². The molecule has 4 rings (SSSR count). The van der Waals surface area contributed by atoms with E-state index in [0.717, 1.165) is 17.3 Å². The highest BCUT2D eigenvalue weighted by atomic mass is 35.5. The summed E-state index contributed by atoms with van der Waals surface area (Å²) < 4.78 is 10.8. The monoisotopic (exact) mass is 499 g/mol.